The molecule has 6 nitrogen and oxygen atoms in total. The molecule has 0 radical (unpaired) electrons. The van der Waals surface area contributed by atoms with Gasteiger partial charge in [-0.2, -0.15) is 0 Å². The van der Waals surface area contributed by atoms with Crippen LogP contribution in [-0.4, -0.2) is 58.7 Å². The third-order valence-electron chi connectivity index (χ3n) is 5.09. The minimum absolute atomic E-state index is 0.0244. The molecule has 1 N–H and O–H groups in total. The molecule has 6 heteroatoms. The van der Waals surface area contributed by atoms with E-state index in [0.29, 0.717) is 18.7 Å². The number of likely N-dealkylation sites (tertiary alicyclic amines) is 1. The summed E-state index contributed by atoms with van der Waals surface area (Å²) < 4.78 is 5.43. The highest BCUT2D eigenvalue weighted by molar-refractivity contribution is 5.99. The van der Waals surface area contributed by atoms with Crippen LogP contribution in [0.25, 0.3) is 10.8 Å². The number of amides is 2. The number of nitrogens with zero attached hydrogens (tertiary/aromatic N) is 2. The molecule has 150 valence electrons. The molecule has 0 atom stereocenters. The van der Waals surface area contributed by atoms with Crippen molar-refractivity contribution in [2.45, 2.75) is 45.3 Å². The molecule has 3 rings (SSSR count). The normalized spacial score (nSPS) is 15.5. The van der Waals surface area contributed by atoms with Gasteiger partial charge < -0.3 is 19.6 Å². The van der Waals surface area contributed by atoms with Crippen LogP contribution in [0.15, 0.2) is 36.4 Å². The van der Waals surface area contributed by atoms with Crippen molar-refractivity contribution in [2.24, 2.45) is 0 Å². The van der Waals surface area contributed by atoms with E-state index in [1.54, 1.807) is 36.2 Å². The number of carbonyl (C=O) groups excluding carboxylic acids is 2. The number of rotatable bonds is 2. The molecule has 0 bridgehead atoms. The molecular weight excluding hydrogens is 356 g/mol. The van der Waals surface area contributed by atoms with Crippen molar-refractivity contribution in [1.29, 1.82) is 0 Å². The van der Waals surface area contributed by atoms with Gasteiger partial charge in [-0.3, -0.25) is 4.79 Å². The van der Waals surface area contributed by atoms with E-state index in [2.05, 4.69) is 0 Å². The van der Waals surface area contributed by atoms with Crippen molar-refractivity contribution in [2.75, 3.05) is 20.1 Å². The molecule has 0 saturated carbocycles. The zero-order valence-electron chi connectivity index (χ0n) is 16.9. The Kier molecular flexibility index (Phi) is 5.49. The molecule has 0 aliphatic carbocycles. The molecule has 1 fully saturated rings. The molecule has 28 heavy (non-hydrogen) atoms. The Morgan fingerprint density at radius 3 is 2.46 bits per heavy atom. The van der Waals surface area contributed by atoms with E-state index in [4.69, 9.17) is 4.74 Å². The van der Waals surface area contributed by atoms with Gasteiger partial charge in [-0.15, -0.1) is 0 Å². The molecule has 0 spiro atoms. The Bertz CT molecular complexity index is 880. The van der Waals surface area contributed by atoms with Crippen LogP contribution in [0, 0.1) is 0 Å². The van der Waals surface area contributed by atoms with Crippen molar-refractivity contribution >= 4 is 22.8 Å². The zero-order valence-corrected chi connectivity index (χ0v) is 16.9. The Morgan fingerprint density at radius 1 is 1.14 bits per heavy atom. The molecule has 1 saturated heterocycles. The van der Waals surface area contributed by atoms with E-state index in [1.165, 1.54) is 0 Å². The highest BCUT2D eigenvalue weighted by Gasteiger charge is 2.30. The standard InChI is InChI=1S/C22H28N2O4/c1-22(2,3)28-21(27)23(4)17-10-12-24(13-11-17)20(26)16-8-9-18-15(14-16)6-5-7-19(18)25/h5-9,14,17,25H,10-13H2,1-4H3. The zero-order chi connectivity index (χ0) is 20.5. The minimum Gasteiger partial charge on any atom is -0.507 e. The Morgan fingerprint density at radius 2 is 1.82 bits per heavy atom. The number of phenolic OH excluding ortho intramolecular Hbond substituents is 1. The van der Waals surface area contributed by atoms with Crippen LogP contribution >= 0.6 is 0 Å². The van der Waals surface area contributed by atoms with Crippen molar-refractivity contribution in [3.8, 4) is 5.75 Å². The van der Waals surface area contributed by atoms with Crippen LogP contribution in [0.4, 0.5) is 4.79 Å². The van der Waals surface area contributed by atoms with E-state index < -0.39 is 5.60 Å². The Balaban J connectivity index is 1.63. The Labute approximate surface area is 165 Å². The number of hydrogen-bond donors (Lipinski definition) is 1. The van der Waals surface area contributed by atoms with Crippen molar-refractivity contribution in [1.82, 2.24) is 9.80 Å². The fourth-order valence-electron chi connectivity index (χ4n) is 3.52. The first-order chi connectivity index (χ1) is 13.2. The van der Waals surface area contributed by atoms with E-state index in [9.17, 15) is 14.7 Å². The first-order valence-corrected chi connectivity index (χ1v) is 9.62. The fraction of sp³-hybridized carbons (Fsp3) is 0.455. The Hall–Kier alpha value is -2.76. The van der Waals surface area contributed by atoms with E-state index >= 15 is 0 Å². The third kappa shape index (κ3) is 4.38. The summed E-state index contributed by atoms with van der Waals surface area (Å²) >= 11 is 0. The van der Waals surface area contributed by atoms with Gasteiger partial charge in [0.05, 0.1) is 0 Å². The maximum Gasteiger partial charge on any atom is 0.410 e. The van der Waals surface area contributed by atoms with E-state index in [-0.39, 0.29) is 23.8 Å². The number of phenols is 1. The van der Waals surface area contributed by atoms with Crippen LogP contribution in [0.5, 0.6) is 5.75 Å². The first kappa shape index (κ1) is 20.0. The monoisotopic (exact) mass is 384 g/mol. The summed E-state index contributed by atoms with van der Waals surface area (Å²) in [5, 5.41) is 11.5. The SMILES string of the molecule is CN(C(=O)OC(C)(C)C)C1CCN(C(=O)c2ccc3c(O)cccc3c2)CC1. The van der Waals surface area contributed by atoms with Gasteiger partial charge in [0.2, 0.25) is 0 Å². The summed E-state index contributed by atoms with van der Waals surface area (Å²) in [5.41, 5.74) is 0.0871. The van der Waals surface area contributed by atoms with Gasteiger partial charge in [-0.1, -0.05) is 12.1 Å². The van der Waals surface area contributed by atoms with Gasteiger partial charge >= 0.3 is 6.09 Å². The molecule has 0 aromatic heterocycles. The van der Waals surface area contributed by atoms with Crippen LogP contribution < -0.4 is 0 Å². The quantitative estimate of drug-likeness (QED) is 0.849. The largest absolute Gasteiger partial charge is 0.507 e. The second-order valence-electron chi connectivity index (χ2n) is 8.33. The lowest BCUT2D eigenvalue weighted by Crippen LogP contribution is -2.48. The van der Waals surface area contributed by atoms with Gasteiger partial charge in [0.1, 0.15) is 11.4 Å². The van der Waals surface area contributed by atoms with E-state index in [0.717, 1.165) is 23.6 Å². The van der Waals surface area contributed by atoms with Crippen LogP contribution in [0.1, 0.15) is 44.0 Å². The number of aromatic hydroxyl groups is 1. The number of fused-ring (bicyclic) bond motifs is 1. The van der Waals surface area contributed by atoms with Gasteiger partial charge in [-0.05, 0) is 63.3 Å². The number of hydrogen-bond acceptors (Lipinski definition) is 4. The van der Waals surface area contributed by atoms with Gasteiger partial charge in [0.25, 0.3) is 5.91 Å². The van der Waals surface area contributed by atoms with Crippen molar-refractivity contribution in [3.05, 3.63) is 42.0 Å². The fourth-order valence-corrected chi connectivity index (χ4v) is 3.52. The van der Waals surface area contributed by atoms with Crippen LogP contribution in [0.2, 0.25) is 0 Å². The van der Waals surface area contributed by atoms with Crippen molar-refractivity contribution < 1.29 is 19.4 Å². The predicted octanol–water partition coefficient (Wildman–Crippen LogP) is 4.02. The molecule has 2 aromatic rings. The topological polar surface area (TPSA) is 70.1 Å². The van der Waals surface area contributed by atoms with Crippen LogP contribution in [-0.2, 0) is 4.74 Å². The summed E-state index contributed by atoms with van der Waals surface area (Å²) in [7, 11) is 1.76. The molecule has 2 aromatic carbocycles. The summed E-state index contributed by atoms with van der Waals surface area (Å²) in [5.74, 6) is 0.186. The van der Waals surface area contributed by atoms with Gasteiger partial charge in [0, 0.05) is 37.1 Å². The maximum absolute atomic E-state index is 12.9. The lowest BCUT2D eigenvalue weighted by atomic mass is 10.0. The molecule has 0 unspecified atom stereocenters. The molecule has 1 aliphatic heterocycles. The number of ether oxygens (including phenoxy) is 1. The van der Waals surface area contributed by atoms with Gasteiger partial charge in [-0.25, -0.2) is 4.79 Å². The number of carbonyl (C=O) groups is 2. The van der Waals surface area contributed by atoms with Gasteiger partial charge in [0.15, 0.2) is 0 Å². The van der Waals surface area contributed by atoms with Crippen LogP contribution in [0.3, 0.4) is 0 Å². The first-order valence-electron chi connectivity index (χ1n) is 9.62. The van der Waals surface area contributed by atoms with Crippen molar-refractivity contribution in [3.63, 3.8) is 0 Å². The lowest BCUT2D eigenvalue weighted by Gasteiger charge is -2.37. The summed E-state index contributed by atoms with van der Waals surface area (Å²) in [6.07, 6.45) is 1.11. The second kappa shape index (κ2) is 7.70. The maximum atomic E-state index is 12.9. The summed E-state index contributed by atoms with van der Waals surface area (Å²) in [4.78, 5) is 28.6. The summed E-state index contributed by atoms with van der Waals surface area (Å²) in [6, 6.07) is 10.7. The van der Waals surface area contributed by atoms with E-state index in [1.807, 2.05) is 37.8 Å². The molecular formula is C22H28N2O4. The average molecular weight is 384 g/mol. The minimum atomic E-state index is -0.521. The predicted molar refractivity (Wildman–Crippen MR) is 109 cm³/mol. The molecule has 2 amide bonds. The number of piperidine rings is 1. The lowest BCUT2D eigenvalue weighted by molar-refractivity contribution is 0.0156. The molecule has 1 heterocycles. The number of benzene rings is 2. The molecule has 1 aliphatic rings. The second-order valence-corrected chi connectivity index (χ2v) is 8.33. The average Bonchev–Trinajstić information content (AvgIpc) is 2.65. The summed E-state index contributed by atoms with van der Waals surface area (Å²) in [6.45, 7) is 6.74. The highest BCUT2D eigenvalue weighted by Crippen LogP contribution is 2.26. The third-order valence-corrected chi connectivity index (χ3v) is 5.09. The highest BCUT2D eigenvalue weighted by atomic mass is 16.6. The smallest absolute Gasteiger partial charge is 0.410 e.